The molecule has 0 aliphatic rings. The molecule has 0 saturated heterocycles. The number of hydrogen-bond acceptors (Lipinski definition) is 1. The Morgan fingerprint density at radius 2 is 1.32 bits per heavy atom. The van der Waals surface area contributed by atoms with Crippen LogP contribution in [-0.4, -0.2) is 7.11 Å². The Hall–Kier alpha value is -1.76. The van der Waals surface area contributed by atoms with Gasteiger partial charge in [-0.25, -0.2) is 0 Å². The van der Waals surface area contributed by atoms with E-state index in [2.05, 4.69) is 58.9 Å². The molecule has 0 spiro atoms. The summed E-state index contributed by atoms with van der Waals surface area (Å²) in [6, 6.07) is 8.67. The van der Waals surface area contributed by atoms with Gasteiger partial charge in [0.15, 0.2) is 0 Å². The normalized spacial score (nSPS) is 10.6. The molecule has 0 fully saturated rings. The minimum atomic E-state index is 0.957. The number of ether oxygens (including phenoxy) is 1. The van der Waals surface area contributed by atoms with Gasteiger partial charge in [-0.05, 0) is 68.5 Å². The fraction of sp³-hybridized carbons (Fsp3) is 0.333. The van der Waals surface area contributed by atoms with Crippen molar-refractivity contribution in [3.05, 3.63) is 52.1 Å². The number of rotatable bonds is 2. The van der Waals surface area contributed by atoms with Crippen LogP contribution in [-0.2, 0) is 0 Å². The number of methoxy groups -OCH3 is 1. The third-order valence-corrected chi connectivity index (χ3v) is 3.84. The summed E-state index contributed by atoms with van der Waals surface area (Å²) in [5.74, 6) is 0.957. The van der Waals surface area contributed by atoms with E-state index >= 15 is 0 Å². The maximum absolute atomic E-state index is 5.58. The third-order valence-electron chi connectivity index (χ3n) is 3.84. The van der Waals surface area contributed by atoms with Crippen LogP contribution in [0.1, 0.15) is 27.8 Å². The van der Waals surface area contributed by atoms with Crippen molar-refractivity contribution in [3.8, 4) is 16.9 Å². The average Bonchev–Trinajstić information content (AvgIpc) is 2.33. The summed E-state index contributed by atoms with van der Waals surface area (Å²) in [6.45, 7) is 10.8. The summed E-state index contributed by atoms with van der Waals surface area (Å²) < 4.78 is 5.58. The first-order chi connectivity index (χ1) is 8.95. The predicted molar refractivity (Wildman–Crippen MR) is 82.1 cm³/mol. The van der Waals surface area contributed by atoms with Crippen LogP contribution in [0.4, 0.5) is 0 Å². The standard InChI is InChI=1S/C18H22O/c1-11-9-13(3)17(14(4)10-11)18-15(5)12(2)7-8-16(18)19-6/h7-10H,1-6H3. The molecular formula is C18H22O. The van der Waals surface area contributed by atoms with Gasteiger partial charge in [0.25, 0.3) is 0 Å². The maximum atomic E-state index is 5.58. The first-order valence-corrected chi connectivity index (χ1v) is 6.68. The molecule has 1 nitrogen and oxygen atoms in total. The Morgan fingerprint density at radius 3 is 1.84 bits per heavy atom. The highest BCUT2D eigenvalue weighted by molar-refractivity contribution is 5.80. The molecule has 0 N–H and O–H groups in total. The molecule has 2 aromatic rings. The summed E-state index contributed by atoms with van der Waals surface area (Å²) in [5, 5.41) is 0. The molecule has 2 aromatic carbocycles. The lowest BCUT2D eigenvalue weighted by molar-refractivity contribution is 0.416. The zero-order valence-corrected chi connectivity index (χ0v) is 12.7. The molecule has 0 amide bonds. The first-order valence-electron chi connectivity index (χ1n) is 6.68. The highest BCUT2D eigenvalue weighted by Crippen LogP contribution is 2.38. The molecule has 1 heteroatoms. The van der Waals surface area contributed by atoms with E-state index in [4.69, 9.17) is 4.74 Å². The molecule has 0 atom stereocenters. The van der Waals surface area contributed by atoms with E-state index in [0.717, 1.165) is 5.75 Å². The van der Waals surface area contributed by atoms with Crippen molar-refractivity contribution in [3.63, 3.8) is 0 Å². The predicted octanol–water partition coefficient (Wildman–Crippen LogP) is 4.90. The molecule has 100 valence electrons. The molecule has 0 bridgehead atoms. The first kappa shape index (κ1) is 13.7. The molecule has 2 rings (SSSR count). The van der Waals surface area contributed by atoms with Crippen molar-refractivity contribution in [2.24, 2.45) is 0 Å². The molecule has 0 aliphatic carbocycles. The monoisotopic (exact) mass is 254 g/mol. The van der Waals surface area contributed by atoms with Crippen molar-refractivity contribution >= 4 is 0 Å². The molecule has 0 radical (unpaired) electrons. The Bertz CT molecular complexity index is 601. The van der Waals surface area contributed by atoms with Crippen molar-refractivity contribution in [2.75, 3.05) is 7.11 Å². The highest BCUT2D eigenvalue weighted by atomic mass is 16.5. The third kappa shape index (κ3) is 2.37. The fourth-order valence-corrected chi connectivity index (χ4v) is 2.85. The van der Waals surface area contributed by atoms with Gasteiger partial charge >= 0.3 is 0 Å². The average molecular weight is 254 g/mol. The number of aryl methyl sites for hydroxylation is 4. The largest absolute Gasteiger partial charge is 0.496 e. The van der Waals surface area contributed by atoms with Gasteiger partial charge in [-0.1, -0.05) is 23.8 Å². The summed E-state index contributed by atoms with van der Waals surface area (Å²) >= 11 is 0. The molecule has 0 unspecified atom stereocenters. The van der Waals surface area contributed by atoms with Gasteiger partial charge in [0.1, 0.15) is 5.75 Å². The Balaban J connectivity index is 2.82. The lowest BCUT2D eigenvalue weighted by Gasteiger charge is -2.18. The quantitative estimate of drug-likeness (QED) is 0.740. The van der Waals surface area contributed by atoms with Crippen LogP contribution >= 0.6 is 0 Å². The highest BCUT2D eigenvalue weighted by Gasteiger charge is 2.15. The molecule has 0 heterocycles. The maximum Gasteiger partial charge on any atom is 0.126 e. The van der Waals surface area contributed by atoms with Crippen LogP contribution < -0.4 is 4.74 Å². The van der Waals surface area contributed by atoms with E-state index in [1.54, 1.807) is 7.11 Å². The summed E-state index contributed by atoms with van der Waals surface area (Å²) in [6.07, 6.45) is 0. The van der Waals surface area contributed by atoms with Gasteiger partial charge in [0.2, 0.25) is 0 Å². The summed E-state index contributed by atoms with van der Waals surface area (Å²) in [5.41, 5.74) is 9.07. The number of hydrogen-bond donors (Lipinski definition) is 0. The minimum absolute atomic E-state index is 0.957. The summed E-state index contributed by atoms with van der Waals surface area (Å²) in [4.78, 5) is 0. The van der Waals surface area contributed by atoms with Gasteiger partial charge in [-0.2, -0.15) is 0 Å². The van der Waals surface area contributed by atoms with Crippen LogP contribution in [0.3, 0.4) is 0 Å². The van der Waals surface area contributed by atoms with Crippen molar-refractivity contribution in [2.45, 2.75) is 34.6 Å². The van der Waals surface area contributed by atoms with Crippen LogP contribution in [0, 0.1) is 34.6 Å². The Kier molecular flexibility index (Phi) is 3.66. The Labute approximate surface area is 116 Å². The van der Waals surface area contributed by atoms with Crippen LogP contribution in [0.5, 0.6) is 5.75 Å². The second-order valence-corrected chi connectivity index (χ2v) is 5.36. The van der Waals surface area contributed by atoms with E-state index in [1.165, 1.54) is 38.9 Å². The zero-order chi connectivity index (χ0) is 14.2. The van der Waals surface area contributed by atoms with Crippen molar-refractivity contribution in [1.82, 2.24) is 0 Å². The van der Waals surface area contributed by atoms with Crippen molar-refractivity contribution in [1.29, 1.82) is 0 Å². The van der Waals surface area contributed by atoms with E-state index in [1.807, 2.05) is 0 Å². The van der Waals surface area contributed by atoms with Gasteiger partial charge in [0, 0.05) is 5.56 Å². The van der Waals surface area contributed by atoms with E-state index in [-0.39, 0.29) is 0 Å². The lowest BCUT2D eigenvalue weighted by Crippen LogP contribution is -1.97. The SMILES string of the molecule is COc1ccc(C)c(C)c1-c1c(C)cc(C)cc1C. The van der Waals surface area contributed by atoms with E-state index in [0.29, 0.717) is 0 Å². The fourth-order valence-electron chi connectivity index (χ4n) is 2.85. The van der Waals surface area contributed by atoms with Crippen LogP contribution in [0.15, 0.2) is 24.3 Å². The molecule has 19 heavy (non-hydrogen) atoms. The zero-order valence-electron chi connectivity index (χ0n) is 12.7. The lowest BCUT2D eigenvalue weighted by atomic mass is 9.89. The smallest absolute Gasteiger partial charge is 0.126 e. The Morgan fingerprint density at radius 1 is 0.737 bits per heavy atom. The molecule has 0 aliphatic heterocycles. The molecule has 0 aromatic heterocycles. The van der Waals surface area contributed by atoms with Crippen molar-refractivity contribution < 1.29 is 4.74 Å². The van der Waals surface area contributed by atoms with Crippen LogP contribution in [0.25, 0.3) is 11.1 Å². The minimum Gasteiger partial charge on any atom is -0.496 e. The van der Waals surface area contributed by atoms with Gasteiger partial charge < -0.3 is 4.74 Å². The molecular weight excluding hydrogens is 232 g/mol. The topological polar surface area (TPSA) is 9.23 Å². The summed E-state index contributed by atoms with van der Waals surface area (Å²) in [7, 11) is 1.74. The van der Waals surface area contributed by atoms with Gasteiger partial charge in [-0.3, -0.25) is 0 Å². The van der Waals surface area contributed by atoms with E-state index < -0.39 is 0 Å². The van der Waals surface area contributed by atoms with Gasteiger partial charge in [-0.15, -0.1) is 0 Å². The van der Waals surface area contributed by atoms with Crippen LogP contribution in [0.2, 0.25) is 0 Å². The second-order valence-electron chi connectivity index (χ2n) is 5.36. The van der Waals surface area contributed by atoms with Gasteiger partial charge in [0.05, 0.1) is 7.11 Å². The van der Waals surface area contributed by atoms with E-state index in [9.17, 15) is 0 Å². The second kappa shape index (κ2) is 5.08. The number of benzene rings is 2. The molecule has 0 saturated carbocycles.